The number of fused-ring (bicyclic) bond motifs is 1. The molecular formula is C24H27F4N3O4. The van der Waals surface area contributed by atoms with Gasteiger partial charge >= 0.3 is 12.1 Å². The first-order chi connectivity index (χ1) is 16.6. The van der Waals surface area contributed by atoms with Crippen LogP contribution in [0.2, 0.25) is 0 Å². The predicted molar refractivity (Wildman–Crippen MR) is 116 cm³/mol. The summed E-state index contributed by atoms with van der Waals surface area (Å²) in [7, 11) is 0. The third kappa shape index (κ3) is 5.19. The summed E-state index contributed by atoms with van der Waals surface area (Å²) in [5.41, 5.74) is -0.565. The summed E-state index contributed by atoms with van der Waals surface area (Å²) in [4.78, 5) is 25.1. The van der Waals surface area contributed by atoms with Crippen LogP contribution in [-0.4, -0.2) is 48.0 Å². The molecule has 3 heterocycles. The summed E-state index contributed by atoms with van der Waals surface area (Å²) >= 11 is 0. The van der Waals surface area contributed by atoms with E-state index in [0.717, 1.165) is 30.7 Å². The van der Waals surface area contributed by atoms with Crippen LogP contribution in [0.5, 0.6) is 0 Å². The summed E-state index contributed by atoms with van der Waals surface area (Å²) in [5.74, 6) is -2.94. The molecule has 0 aliphatic carbocycles. The van der Waals surface area contributed by atoms with Crippen molar-refractivity contribution in [3.63, 3.8) is 0 Å². The Labute approximate surface area is 199 Å². The van der Waals surface area contributed by atoms with E-state index >= 15 is 0 Å². The Morgan fingerprint density at radius 1 is 1.29 bits per heavy atom. The van der Waals surface area contributed by atoms with Gasteiger partial charge in [-0.05, 0) is 43.2 Å². The Bertz CT molecular complexity index is 1110. The molecule has 0 unspecified atom stereocenters. The molecule has 1 fully saturated rings. The molecule has 1 amide bonds. The number of esters is 1. The van der Waals surface area contributed by atoms with Gasteiger partial charge in [-0.1, -0.05) is 13.0 Å². The summed E-state index contributed by atoms with van der Waals surface area (Å²) in [6, 6.07) is 2.57. The zero-order chi connectivity index (χ0) is 25.2. The molecule has 11 heteroatoms. The fraction of sp³-hybridized carbons (Fsp3) is 0.542. The molecule has 2 aliphatic heterocycles. The number of carbonyl (C=O) groups excluding carboxylic acids is 2. The van der Waals surface area contributed by atoms with E-state index in [2.05, 4.69) is 10.4 Å². The molecule has 4 rings (SSSR count). The van der Waals surface area contributed by atoms with Crippen molar-refractivity contribution in [1.29, 1.82) is 0 Å². The number of alkyl halides is 3. The zero-order valence-electron chi connectivity index (χ0n) is 19.3. The number of hydrogen-bond acceptors (Lipinski definition) is 5. The van der Waals surface area contributed by atoms with E-state index in [-0.39, 0.29) is 24.3 Å². The highest BCUT2D eigenvalue weighted by molar-refractivity contribution is 5.97. The Kier molecular flexibility index (Phi) is 7.16. The highest BCUT2D eigenvalue weighted by Gasteiger charge is 2.40. The Hall–Kier alpha value is -2.95. The number of halogens is 4. The van der Waals surface area contributed by atoms with Crippen molar-refractivity contribution < 1.29 is 36.6 Å². The van der Waals surface area contributed by atoms with Gasteiger partial charge in [-0.15, -0.1) is 0 Å². The van der Waals surface area contributed by atoms with E-state index in [1.807, 2.05) is 6.92 Å². The van der Waals surface area contributed by atoms with Gasteiger partial charge in [0.2, 0.25) is 0 Å². The number of amides is 1. The molecule has 7 nitrogen and oxygen atoms in total. The minimum Gasteiger partial charge on any atom is -0.462 e. The molecule has 1 aromatic carbocycles. The maximum absolute atomic E-state index is 13.7. The van der Waals surface area contributed by atoms with Gasteiger partial charge in [0.1, 0.15) is 11.4 Å². The quantitative estimate of drug-likeness (QED) is 0.372. The van der Waals surface area contributed by atoms with E-state index in [1.54, 1.807) is 4.68 Å². The van der Waals surface area contributed by atoms with Gasteiger partial charge in [0.15, 0.2) is 0 Å². The fourth-order valence-electron chi connectivity index (χ4n) is 4.80. The van der Waals surface area contributed by atoms with Gasteiger partial charge < -0.3 is 14.8 Å². The Morgan fingerprint density at radius 3 is 2.71 bits per heavy atom. The molecule has 1 N–H and O–H groups in total. The van der Waals surface area contributed by atoms with Gasteiger partial charge in [-0.25, -0.2) is 9.18 Å². The molecule has 0 saturated carbocycles. The Balaban J connectivity index is 1.47. The normalized spacial score (nSPS) is 17.6. The van der Waals surface area contributed by atoms with Crippen LogP contribution in [-0.2, 0) is 35.0 Å². The van der Waals surface area contributed by atoms with Crippen LogP contribution in [0, 0.1) is 11.2 Å². The number of hydrogen-bond donors (Lipinski definition) is 1. The lowest BCUT2D eigenvalue weighted by atomic mass is 9.76. The maximum Gasteiger partial charge on any atom is 0.420 e. The highest BCUT2D eigenvalue weighted by atomic mass is 19.4. The van der Waals surface area contributed by atoms with Crippen molar-refractivity contribution in [3.8, 4) is 0 Å². The topological polar surface area (TPSA) is 82.5 Å². The largest absolute Gasteiger partial charge is 0.462 e. The van der Waals surface area contributed by atoms with Crippen LogP contribution in [0.25, 0.3) is 0 Å². The van der Waals surface area contributed by atoms with Gasteiger partial charge in [-0.2, -0.15) is 18.3 Å². The van der Waals surface area contributed by atoms with E-state index in [1.165, 1.54) is 0 Å². The number of aromatic nitrogens is 2. The average molecular weight is 497 g/mol. The lowest BCUT2D eigenvalue weighted by Gasteiger charge is -2.36. The third-order valence-corrected chi connectivity index (χ3v) is 6.68. The van der Waals surface area contributed by atoms with Crippen molar-refractivity contribution in [1.82, 2.24) is 15.1 Å². The smallest absolute Gasteiger partial charge is 0.420 e. The monoisotopic (exact) mass is 497 g/mol. The van der Waals surface area contributed by atoms with E-state index in [0.29, 0.717) is 56.5 Å². The number of carbonyl (C=O) groups is 2. The molecule has 1 aromatic heterocycles. The van der Waals surface area contributed by atoms with Crippen molar-refractivity contribution >= 4 is 11.9 Å². The van der Waals surface area contributed by atoms with Crippen LogP contribution < -0.4 is 5.32 Å². The first-order valence-electron chi connectivity index (χ1n) is 11.6. The number of ether oxygens (including phenoxy) is 2. The van der Waals surface area contributed by atoms with E-state index < -0.39 is 29.1 Å². The summed E-state index contributed by atoms with van der Waals surface area (Å²) in [5, 5.41) is 7.63. The zero-order valence-corrected chi connectivity index (χ0v) is 19.3. The average Bonchev–Trinajstić information content (AvgIpc) is 3.09. The molecule has 35 heavy (non-hydrogen) atoms. The number of nitrogens with zero attached hydrogens (tertiary/aromatic N) is 2. The summed E-state index contributed by atoms with van der Waals surface area (Å²) in [6.07, 6.45) is -1.93. The lowest BCUT2D eigenvalue weighted by molar-refractivity contribution is -0.140. The molecule has 2 aliphatic rings. The molecule has 0 atom stereocenters. The van der Waals surface area contributed by atoms with E-state index in [9.17, 15) is 27.2 Å². The minimum absolute atomic E-state index is 0.125. The van der Waals surface area contributed by atoms with Gasteiger partial charge in [0, 0.05) is 32.7 Å². The van der Waals surface area contributed by atoms with Crippen molar-refractivity contribution in [3.05, 3.63) is 52.1 Å². The number of nitrogens with one attached hydrogen (secondary N) is 1. The van der Waals surface area contributed by atoms with Crippen LogP contribution >= 0.6 is 0 Å². The van der Waals surface area contributed by atoms with Crippen LogP contribution in [0.4, 0.5) is 17.6 Å². The van der Waals surface area contributed by atoms with Crippen molar-refractivity contribution in [2.75, 3.05) is 26.4 Å². The van der Waals surface area contributed by atoms with Crippen molar-refractivity contribution in [2.24, 2.45) is 5.41 Å². The van der Waals surface area contributed by atoms with Crippen LogP contribution in [0.1, 0.15) is 63.9 Å². The van der Waals surface area contributed by atoms with Crippen LogP contribution in [0.3, 0.4) is 0 Å². The molecule has 0 bridgehead atoms. The lowest BCUT2D eigenvalue weighted by Crippen LogP contribution is -2.40. The minimum atomic E-state index is -5.02. The molecule has 1 spiro atoms. The van der Waals surface area contributed by atoms with Crippen LogP contribution in [0.15, 0.2) is 18.2 Å². The molecule has 190 valence electrons. The number of aryl methyl sites for hydroxylation is 2. The first kappa shape index (κ1) is 25.2. The van der Waals surface area contributed by atoms with Crippen molar-refractivity contribution in [2.45, 2.75) is 51.7 Å². The maximum atomic E-state index is 13.7. The van der Waals surface area contributed by atoms with E-state index in [4.69, 9.17) is 9.47 Å². The second-order valence-electron chi connectivity index (χ2n) is 8.97. The molecule has 1 saturated heterocycles. The predicted octanol–water partition coefficient (Wildman–Crippen LogP) is 3.93. The summed E-state index contributed by atoms with van der Waals surface area (Å²) in [6.45, 7) is 3.83. The third-order valence-electron chi connectivity index (χ3n) is 6.68. The van der Waals surface area contributed by atoms with Gasteiger partial charge in [0.05, 0.1) is 29.1 Å². The standard InChI is InChI=1S/C24H27F4N3O4/c1-2-17-19-18(13-23(14-29-21(19)32)7-11-34-12-8-23)31(30-17)9-4-10-35-22(33)15-5-3-6-16(25)20(15)24(26,27)28/h3,5-6H,2,4,7-14H2,1H3,(H,29,32). The molecular weight excluding hydrogens is 470 g/mol. The second kappa shape index (κ2) is 9.96. The fourth-order valence-corrected chi connectivity index (χ4v) is 4.80. The first-order valence-corrected chi connectivity index (χ1v) is 11.6. The Morgan fingerprint density at radius 2 is 2.03 bits per heavy atom. The number of benzene rings is 1. The van der Waals surface area contributed by atoms with Gasteiger partial charge in [-0.3, -0.25) is 9.48 Å². The molecule has 2 aromatic rings. The highest BCUT2D eigenvalue weighted by Crippen LogP contribution is 2.37. The number of rotatable bonds is 6. The second-order valence-corrected chi connectivity index (χ2v) is 8.97. The SMILES string of the molecule is CCc1nn(CCCOC(=O)c2cccc(F)c2C(F)(F)F)c2c1C(=O)NCC1(CCOCC1)C2. The summed E-state index contributed by atoms with van der Waals surface area (Å²) < 4.78 is 65.6. The molecule has 0 radical (unpaired) electrons. The van der Waals surface area contributed by atoms with Gasteiger partial charge in [0.25, 0.3) is 5.91 Å².